The molecule has 21 heavy (non-hydrogen) atoms. The highest BCUT2D eigenvalue weighted by atomic mass is 16.4. The second kappa shape index (κ2) is 9.80. The van der Waals surface area contributed by atoms with Crippen LogP contribution in [0, 0.1) is 6.92 Å². The Bertz CT molecular complexity index is 461. The molecule has 0 radical (unpaired) electrons. The molecule has 5 heteroatoms. The van der Waals surface area contributed by atoms with E-state index >= 15 is 0 Å². The molecule has 0 spiro atoms. The van der Waals surface area contributed by atoms with E-state index in [4.69, 9.17) is 5.11 Å². The van der Waals surface area contributed by atoms with Crippen molar-refractivity contribution in [1.29, 1.82) is 0 Å². The smallest absolute Gasteiger partial charge is 0.314 e. The Labute approximate surface area is 125 Å². The van der Waals surface area contributed by atoms with Gasteiger partial charge in [-0.05, 0) is 37.3 Å². The maximum atomic E-state index is 11.5. The van der Waals surface area contributed by atoms with E-state index in [1.54, 1.807) is 0 Å². The molecule has 0 unspecified atom stereocenters. The number of aryl methyl sites for hydroxylation is 1. The number of carbonyl (C=O) groups is 2. The summed E-state index contributed by atoms with van der Waals surface area (Å²) in [6.07, 6.45) is 3.29. The quantitative estimate of drug-likeness (QED) is 0.612. The van der Waals surface area contributed by atoms with Crippen LogP contribution < -0.4 is 10.6 Å². The first-order valence-electron chi connectivity index (χ1n) is 7.37. The second-order valence-electron chi connectivity index (χ2n) is 5.06. The fraction of sp³-hybridized carbons (Fsp3) is 0.500. The first kappa shape index (κ1) is 17.0. The zero-order valence-electron chi connectivity index (χ0n) is 12.5. The standard InChI is InChI=1S/C16H24N2O3/c1-13-7-4-5-8-14(13)10-12-18-16(21)17-11-6-2-3-9-15(19)20/h4-5,7-8H,2-3,6,9-12H2,1H3,(H,19,20)(H2,17,18,21). The maximum Gasteiger partial charge on any atom is 0.314 e. The van der Waals surface area contributed by atoms with E-state index in [1.165, 1.54) is 11.1 Å². The molecule has 0 fully saturated rings. The molecule has 5 nitrogen and oxygen atoms in total. The number of amides is 2. The van der Waals surface area contributed by atoms with Crippen molar-refractivity contribution < 1.29 is 14.7 Å². The number of carboxylic acid groups (broad SMARTS) is 1. The lowest BCUT2D eigenvalue weighted by Gasteiger charge is -2.08. The molecular weight excluding hydrogens is 268 g/mol. The Hall–Kier alpha value is -2.04. The van der Waals surface area contributed by atoms with E-state index < -0.39 is 5.97 Å². The summed E-state index contributed by atoms with van der Waals surface area (Å²) in [5.41, 5.74) is 2.48. The average Bonchev–Trinajstić information content (AvgIpc) is 2.44. The number of hydrogen-bond acceptors (Lipinski definition) is 2. The topological polar surface area (TPSA) is 78.4 Å². The molecular formula is C16H24N2O3. The summed E-state index contributed by atoms with van der Waals surface area (Å²) in [7, 11) is 0. The van der Waals surface area contributed by atoms with E-state index in [1.807, 2.05) is 12.1 Å². The Morgan fingerprint density at radius 2 is 1.76 bits per heavy atom. The Kier molecular flexibility index (Phi) is 7.94. The first-order chi connectivity index (χ1) is 10.1. The van der Waals surface area contributed by atoms with Gasteiger partial charge in [0.25, 0.3) is 0 Å². The van der Waals surface area contributed by atoms with Crippen molar-refractivity contribution in [2.45, 2.75) is 39.0 Å². The number of carboxylic acids is 1. The molecule has 0 atom stereocenters. The molecule has 0 saturated heterocycles. The number of benzene rings is 1. The predicted octanol–water partition coefficient (Wildman–Crippen LogP) is 2.48. The summed E-state index contributed by atoms with van der Waals surface area (Å²) >= 11 is 0. The van der Waals surface area contributed by atoms with Gasteiger partial charge in [0, 0.05) is 19.5 Å². The van der Waals surface area contributed by atoms with Crippen LogP contribution in [0.2, 0.25) is 0 Å². The van der Waals surface area contributed by atoms with Crippen molar-refractivity contribution in [2.24, 2.45) is 0 Å². The highest BCUT2D eigenvalue weighted by molar-refractivity contribution is 5.73. The number of aliphatic carboxylic acids is 1. The normalized spacial score (nSPS) is 10.1. The molecule has 0 aromatic heterocycles. The number of rotatable bonds is 9. The van der Waals surface area contributed by atoms with Gasteiger partial charge in [0.15, 0.2) is 0 Å². The summed E-state index contributed by atoms with van der Waals surface area (Å²) in [6, 6.07) is 7.97. The minimum absolute atomic E-state index is 0.165. The maximum absolute atomic E-state index is 11.5. The highest BCUT2D eigenvalue weighted by Crippen LogP contribution is 2.06. The average molecular weight is 292 g/mol. The van der Waals surface area contributed by atoms with E-state index in [-0.39, 0.29) is 12.5 Å². The van der Waals surface area contributed by atoms with Gasteiger partial charge in [0.1, 0.15) is 0 Å². The summed E-state index contributed by atoms with van der Waals surface area (Å²) in [6.45, 7) is 3.25. The van der Waals surface area contributed by atoms with Crippen LogP contribution in [0.1, 0.15) is 36.8 Å². The lowest BCUT2D eigenvalue weighted by Crippen LogP contribution is -2.37. The summed E-state index contributed by atoms with van der Waals surface area (Å²) < 4.78 is 0. The molecule has 1 rings (SSSR count). The molecule has 0 saturated carbocycles. The Balaban J connectivity index is 2.04. The van der Waals surface area contributed by atoms with Crippen LogP contribution >= 0.6 is 0 Å². The number of hydrogen-bond donors (Lipinski definition) is 3. The molecule has 0 aliphatic carbocycles. The molecule has 2 amide bonds. The summed E-state index contributed by atoms with van der Waals surface area (Å²) in [5.74, 6) is -0.767. The van der Waals surface area contributed by atoms with Crippen LogP contribution in [0.25, 0.3) is 0 Å². The van der Waals surface area contributed by atoms with Gasteiger partial charge >= 0.3 is 12.0 Å². The van der Waals surface area contributed by atoms with Crippen LogP contribution in [0.5, 0.6) is 0 Å². The van der Waals surface area contributed by atoms with Crippen molar-refractivity contribution in [3.8, 4) is 0 Å². The van der Waals surface area contributed by atoms with Gasteiger partial charge in [0.2, 0.25) is 0 Å². The van der Waals surface area contributed by atoms with Gasteiger partial charge in [-0.1, -0.05) is 30.7 Å². The van der Waals surface area contributed by atoms with E-state index in [2.05, 4.69) is 29.7 Å². The third kappa shape index (κ3) is 7.97. The van der Waals surface area contributed by atoms with Crippen LogP contribution in [0.4, 0.5) is 4.79 Å². The van der Waals surface area contributed by atoms with Crippen molar-refractivity contribution in [3.05, 3.63) is 35.4 Å². The molecule has 0 bridgehead atoms. The number of unbranched alkanes of at least 4 members (excludes halogenated alkanes) is 2. The molecule has 0 heterocycles. The second-order valence-corrected chi connectivity index (χ2v) is 5.06. The van der Waals surface area contributed by atoms with Crippen molar-refractivity contribution in [2.75, 3.05) is 13.1 Å². The minimum Gasteiger partial charge on any atom is -0.481 e. The fourth-order valence-electron chi connectivity index (χ4n) is 2.04. The predicted molar refractivity (Wildman–Crippen MR) is 82.4 cm³/mol. The lowest BCUT2D eigenvalue weighted by molar-refractivity contribution is -0.137. The molecule has 3 N–H and O–H groups in total. The first-order valence-corrected chi connectivity index (χ1v) is 7.37. The van der Waals surface area contributed by atoms with Gasteiger partial charge in [0.05, 0.1) is 0 Å². The zero-order chi connectivity index (χ0) is 15.5. The monoisotopic (exact) mass is 292 g/mol. The zero-order valence-corrected chi connectivity index (χ0v) is 12.5. The SMILES string of the molecule is Cc1ccccc1CCNC(=O)NCCCCCC(=O)O. The van der Waals surface area contributed by atoms with E-state index in [0.717, 1.165) is 19.3 Å². The van der Waals surface area contributed by atoms with Crippen molar-refractivity contribution in [1.82, 2.24) is 10.6 Å². The largest absolute Gasteiger partial charge is 0.481 e. The molecule has 116 valence electrons. The van der Waals surface area contributed by atoms with Gasteiger partial charge in [-0.15, -0.1) is 0 Å². The van der Waals surface area contributed by atoms with Crippen molar-refractivity contribution in [3.63, 3.8) is 0 Å². The summed E-state index contributed by atoms with van der Waals surface area (Å²) in [4.78, 5) is 21.9. The van der Waals surface area contributed by atoms with Gasteiger partial charge in [-0.25, -0.2) is 4.79 Å². The molecule has 0 aliphatic rings. The van der Waals surface area contributed by atoms with E-state index in [0.29, 0.717) is 19.5 Å². The molecule has 1 aromatic rings. The van der Waals surface area contributed by atoms with Crippen LogP contribution in [-0.2, 0) is 11.2 Å². The third-order valence-electron chi connectivity index (χ3n) is 3.29. The molecule has 0 aliphatic heterocycles. The van der Waals surface area contributed by atoms with Crippen molar-refractivity contribution >= 4 is 12.0 Å². The highest BCUT2D eigenvalue weighted by Gasteiger charge is 2.01. The third-order valence-corrected chi connectivity index (χ3v) is 3.29. The molecule has 1 aromatic carbocycles. The van der Waals surface area contributed by atoms with Gasteiger partial charge in [-0.3, -0.25) is 4.79 Å². The van der Waals surface area contributed by atoms with Crippen LogP contribution in [-0.4, -0.2) is 30.2 Å². The van der Waals surface area contributed by atoms with Crippen LogP contribution in [0.15, 0.2) is 24.3 Å². The Morgan fingerprint density at radius 1 is 1.05 bits per heavy atom. The van der Waals surface area contributed by atoms with Gasteiger partial charge in [-0.2, -0.15) is 0 Å². The fourth-order valence-corrected chi connectivity index (χ4v) is 2.04. The summed E-state index contributed by atoms with van der Waals surface area (Å²) in [5, 5.41) is 14.1. The minimum atomic E-state index is -0.767. The number of urea groups is 1. The number of carbonyl (C=O) groups excluding carboxylic acids is 1. The van der Waals surface area contributed by atoms with E-state index in [9.17, 15) is 9.59 Å². The number of nitrogens with one attached hydrogen (secondary N) is 2. The lowest BCUT2D eigenvalue weighted by atomic mass is 10.1. The Morgan fingerprint density at radius 3 is 2.48 bits per heavy atom. The van der Waals surface area contributed by atoms with Crippen LogP contribution in [0.3, 0.4) is 0 Å². The van der Waals surface area contributed by atoms with Gasteiger partial charge < -0.3 is 15.7 Å².